The van der Waals surface area contributed by atoms with Crippen LogP contribution >= 0.6 is 0 Å². The fourth-order valence-corrected chi connectivity index (χ4v) is 3.70. The third kappa shape index (κ3) is 2.14. The highest BCUT2D eigenvalue weighted by atomic mass is 16.4. The van der Waals surface area contributed by atoms with Gasteiger partial charge in [-0.3, -0.25) is 9.36 Å². The fraction of sp³-hybridized carbons (Fsp3) is 0.200. The van der Waals surface area contributed by atoms with Gasteiger partial charge < -0.3 is 5.11 Å². The lowest BCUT2D eigenvalue weighted by atomic mass is 9.95. The van der Waals surface area contributed by atoms with Gasteiger partial charge in [0.15, 0.2) is 0 Å². The minimum absolute atomic E-state index is 0.0461. The molecule has 4 rings (SSSR count). The van der Waals surface area contributed by atoms with Crippen LogP contribution in [0.4, 0.5) is 0 Å². The van der Waals surface area contributed by atoms with Crippen molar-refractivity contribution in [1.82, 2.24) is 4.57 Å². The number of hydrogen-bond acceptors (Lipinski definition) is 2. The number of aryl methyl sites for hydroxylation is 1. The lowest BCUT2D eigenvalue weighted by Gasteiger charge is -2.15. The molecule has 0 saturated heterocycles. The maximum Gasteiger partial charge on any atom is 0.336 e. The summed E-state index contributed by atoms with van der Waals surface area (Å²) in [5.74, 6) is -1.34. The van der Waals surface area contributed by atoms with E-state index in [1.807, 2.05) is 24.3 Å². The van der Waals surface area contributed by atoms with E-state index in [-0.39, 0.29) is 17.0 Å². The highest BCUT2D eigenvalue weighted by molar-refractivity contribution is 6.09. The zero-order valence-electron chi connectivity index (χ0n) is 13.2. The number of benzene rings is 2. The van der Waals surface area contributed by atoms with Crippen LogP contribution in [0.5, 0.6) is 0 Å². The van der Waals surface area contributed by atoms with Crippen molar-refractivity contribution in [3.8, 4) is 0 Å². The van der Waals surface area contributed by atoms with Crippen molar-refractivity contribution < 1.29 is 14.7 Å². The molecule has 1 aliphatic rings. The molecule has 0 radical (unpaired) electrons. The van der Waals surface area contributed by atoms with Gasteiger partial charge in [-0.05, 0) is 49.4 Å². The Bertz CT molecular complexity index is 968. The van der Waals surface area contributed by atoms with Crippen LogP contribution < -0.4 is 0 Å². The number of aromatic carboxylic acids is 1. The summed E-state index contributed by atoms with van der Waals surface area (Å²) in [5, 5.41) is 10.5. The largest absolute Gasteiger partial charge is 0.478 e. The van der Waals surface area contributed by atoms with E-state index >= 15 is 0 Å². The Balaban J connectivity index is 1.98. The molecule has 0 aliphatic heterocycles. The SMILES string of the molecule is O=C(O)c1ccccc1C(=O)n1c2c(c3ccccc31)CCCC2. The summed E-state index contributed by atoms with van der Waals surface area (Å²) in [6.45, 7) is 0. The summed E-state index contributed by atoms with van der Waals surface area (Å²) in [6.07, 6.45) is 4.00. The molecular weight excluding hydrogens is 302 g/mol. The molecule has 0 bridgehead atoms. The number of carboxylic acid groups (broad SMARTS) is 1. The summed E-state index contributed by atoms with van der Waals surface area (Å²) in [7, 11) is 0. The van der Waals surface area contributed by atoms with Crippen molar-refractivity contribution >= 4 is 22.8 Å². The first-order valence-corrected chi connectivity index (χ1v) is 8.16. The Labute approximate surface area is 139 Å². The number of para-hydroxylation sites is 1. The van der Waals surface area contributed by atoms with Gasteiger partial charge in [-0.25, -0.2) is 4.79 Å². The number of aromatic nitrogens is 1. The van der Waals surface area contributed by atoms with Crippen molar-refractivity contribution in [1.29, 1.82) is 0 Å². The van der Waals surface area contributed by atoms with E-state index in [1.165, 1.54) is 11.6 Å². The molecule has 4 heteroatoms. The predicted molar refractivity (Wildman–Crippen MR) is 91.7 cm³/mol. The number of carbonyl (C=O) groups excluding carboxylic acids is 1. The minimum atomic E-state index is -1.08. The number of carboxylic acids is 1. The second-order valence-electron chi connectivity index (χ2n) is 6.14. The Morgan fingerprint density at radius 3 is 2.33 bits per heavy atom. The van der Waals surface area contributed by atoms with Crippen LogP contribution in [0.2, 0.25) is 0 Å². The van der Waals surface area contributed by atoms with Gasteiger partial charge in [0.25, 0.3) is 5.91 Å². The summed E-state index contributed by atoms with van der Waals surface area (Å²) < 4.78 is 1.73. The van der Waals surface area contributed by atoms with Gasteiger partial charge in [0.2, 0.25) is 0 Å². The van der Waals surface area contributed by atoms with E-state index in [0.29, 0.717) is 0 Å². The van der Waals surface area contributed by atoms with Crippen LogP contribution in [-0.2, 0) is 12.8 Å². The molecule has 1 N–H and O–H groups in total. The standard InChI is InChI=1S/C20H17NO3/c22-19(15-9-1-2-10-16(15)20(23)24)21-17-11-5-3-7-13(17)14-8-4-6-12-18(14)21/h1-3,5,7,9-11H,4,6,8,12H2,(H,23,24). The summed E-state index contributed by atoms with van der Waals surface area (Å²) in [4.78, 5) is 24.7. The van der Waals surface area contributed by atoms with Crippen LogP contribution in [0.1, 0.15) is 44.8 Å². The fourth-order valence-electron chi connectivity index (χ4n) is 3.70. The number of rotatable bonds is 2. The minimum Gasteiger partial charge on any atom is -0.478 e. The average Bonchev–Trinajstić information content (AvgIpc) is 2.95. The van der Waals surface area contributed by atoms with Gasteiger partial charge in [-0.15, -0.1) is 0 Å². The normalized spacial score (nSPS) is 13.7. The number of nitrogens with zero attached hydrogens (tertiary/aromatic N) is 1. The molecule has 0 spiro atoms. The molecule has 4 nitrogen and oxygen atoms in total. The molecule has 0 amide bonds. The second-order valence-corrected chi connectivity index (χ2v) is 6.14. The number of hydrogen-bond donors (Lipinski definition) is 1. The molecule has 24 heavy (non-hydrogen) atoms. The average molecular weight is 319 g/mol. The van der Waals surface area contributed by atoms with Gasteiger partial charge >= 0.3 is 5.97 Å². The quantitative estimate of drug-likeness (QED) is 0.779. The van der Waals surface area contributed by atoms with Gasteiger partial charge in [-0.1, -0.05) is 30.3 Å². The van der Waals surface area contributed by atoms with E-state index in [0.717, 1.165) is 42.3 Å². The number of carbonyl (C=O) groups is 2. The van der Waals surface area contributed by atoms with Gasteiger partial charge in [0.1, 0.15) is 0 Å². The highest BCUT2D eigenvalue weighted by Crippen LogP contribution is 2.33. The van der Waals surface area contributed by atoms with Crippen LogP contribution in [0.25, 0.3) is 10.9 Å². The molecule has 3 aromatic rings. The molecule has 1 aliphatic carbocycles. The lowest BCUT2D eigenvalue weighted by molar-refractivity contribution is 0.0691. The molecule has 0 saturated carbocycles. The van der Waals surface area contributed by atoms with Crippen molar-refractivity contribution in [3.63, 3.8) is 0 Å². The predicted octanol–water partition coefficient (Wildman–Crippen LogP) is 3.91. The van der Waals surface area contributed by atoms with Gasteiger partial charge in [-0.2, -0.15) is 0 Å². The summed E-state index contributed by atoms with van der Waals surface area (Å²) in [5.41, 5.74) is 3.42. The lowest BCUT2D eigenvalue weighted by Crippen LogP contribution is -2.19. The maximum absolute atomic E-state index is 13.2. The summed E-state index contributed by atoms with van der Waals surface area (Å²) in [6, 6.07) is 14.3. The van der Waals surface area contributed by atoms with Gasteiger partial charge in [0, 0.05) is 11.1 Å². The Hall–Kier alpha value is -2.88. The molecule has 0 atom stereocenters. The highest BCUT2D eigenvalue weighted by Gasteiger charge is 2.25. The van der Waals surface area contributed by atoms with Crippen molar-refractivity contribution in [3.05, 3.63) is 70.9 Å². The van der Waals surface area contributed by atoms with Crippen LogP contribution in [0.15, 0.2) is 48.5 Å². The zero-order valence-corrected chi connectivity index (χ0v) is 13.2. The van der Waals surface area contributed by atoms with Crippen molar-refractivity contribution in [2.24, 2.45) is 0 Å². The molecule has 0 fully saturated rings. The molecule has 1 aromatic heterocycles. The Morgan fingerprint density at radius 1 is 0.875 bits per heavy atom. The Kier molecular flexibility index (Phi) is 3.45. The smallest absolute Gasteiger partial charge is 0.336 e. The third-order valence-corrected chi connectivity index (χ3v) is 4.77. The molecule has 1 heterocycles. The van der Waals surface area contributed by atoms with Crippen LogP contribution in [-0.4, -0.2) is 21.6 Å². The maximum atomic E-state index is 13.2. The molecular formula is C20H17NO3. The first-order chi connectivity index (χ1) is 11.7. The summed E-state index contributed by atoms with van der Waals surface area (Å²) >= 11 is 0. The number of fused-ring (bicyclic) bond motifs is 3. The second kappa shape index (κ2) is 5.64. The molecule has 2 aromatic carbocycles. The van der Waals surface area contributed by atoms with E-state index < -0.39 is 5.97 Å². The first kappa shape index (κ1) is 14.7. The first-order valence-electron chi connectivity index (χ1n) is 8.16. The van der Waals surface area contributed by atoms with Crippen molar-refractivity contribution in [2.75, 3.05) is 0 Å². The van der Waals surface area contributed by atoms with Crippen LogP contribution in [0, 0.1) is 0 Å². The topological polar surface area (TPSA) is 59.3 Å². The molecule has 120 valence electrons. The zero-order chi connectivity index (χ0) is 16.7. The van der Waals surface area contributed by atoms with E-state index in [1.54, 1.807) is 22.8 Å². The van der Waals surface area contributed by atoms with E-state index in [4.69, 9.17) is 0 Å². The third-order valence-electron chi connectivity index (χ3n) is 4.77. The van der Waals surface area contributed by atoms with Gasteiger partial charge in [0.05, 0.1) is 16.6 Å². The van der Waals surface area contributed by atoms with E-state index in [2.05, 4.69) is 0 Å². The van der Waals surface area contributed by atoms with Crippen LogP contribution in [0.3, 0.4) is 0 Å². The Morgan fingerprint density at radius 2 is 1.54 bits per heavy atom. The van der Waals surface area contributed by atoms with E-state index in [9.17, 15) is 14.7 Å². The molecule has 0 unspecified atom stereocenters. The van der Waals surface area contributed by atoms with Crippen molar-refractivity contribution in [2.45, 2.75) is 25.7 Å². The monoisotopic (exact) mass is 319 g/mol.